The Morgan fingerprint density at radius 2 is 1.91 bits per heavy atom. The second kappa shape index (κ2) is 6.26. The van der Waals surface area contributed by atoms with E-state index in [9.17, 15) is 4.79 Å². The zero-order valence-corrected chi connectivity index (χ0v) is 12.2. The lowest BCUT2D eigenvalue weighted by atomic mass is 10.1. The van der Waals surface area contributed by atoms with E-state index >= 15 is 0 Å². The molecule has 0 fully saturated rings. The van der Waals surface area contributed by atoms with Gasteiger partial charge in [-0.15, -0.1) is 0 Å². The second-order valence-corrected chi connectivity index (χ2v) is 4.99. The van der Waals surface area contributed by atoms with Crippen molar-refractivity contribution in [3.63, 3.8) is 0 Å². The van der Waals surface area contributed by atoms with Gasteiger partial charge in [0.2, 0.25) is 0 Å². The smallest absolute Gasteiger partial charge is 0.167 e. The van der Waals surface area contributed by atoms with Gasteiger partial charge in [-0.25, -0.2) is 0 Å². The summed E-state index contributed by atoms with van der Waals surface area (Å²) in [7, 11) is 0. The Kier molecular flexibility index (Phi) is 4.01. The third kappa shape index (κ3) is 3.06. The minimum absolute atomic E-state index is 0.250. The molecule has 0 unspecified atom stereocenters. The second-order valence-electron chi connectivity index (χ2n) is 4.99. The lowest BCUT2D eigenvalue weighted by molar-refractivity contribution is 0.111. The molecule has 0 spiro atoms. The molecular formula is C18H15NO3. The maximum absolute atomic E-state index is 10.9. The Hall–Kier alpha value is -2.88. The van der Waals surface area contributed by atoms with Crippen LogP contribution in [0.4, 0.5) is 0 Å². The van der Waals surface area contributed by atoms with Crippen LogP contribution >= 0.6 is 0 Å². The highest BCUT2D eigenvalue weighted by Gasteiger charge is 2.08. The molecule has 0 saturated heterocycles. The number of carbonyl (C=O) groups is 1. The fraction of sp³-hybridized carbons (Fsp3) is 0.111. The van der Waals surface area contributed by atoms with Crippen molar-refractivity contribution in [1.29, 1.82) is 0 Å². The summed E-state index contributed by atoms with van der Waals surface area (Å²) in [6, 6.07) is 16.9. The van der Waals surface area contributed by atoms with Gasteiger partial charge in [0.25, 0.3) is 0 Å². The monoisotopic (exact) mass is 293 g/mol. The maximum atomic E-state index is 10.9. The fourth-order valence-electron chi connectivity index (χ4n) is 2.09. The molecule has 110 valence electrons. The van der Waals surface area contributed by atoms with E-state index < -0.39 is 0 Å². The molecule has 4 heteroatoms. The number of aldehydes is 1. The highest BCUT2D eigenvalue weighted by Crippen LogP contribution is 2.22. The lowest BCUT2D eigenvalue weighted by Crippen LogP contribution is -1.98. The summed E-state index contributed by atoms with van der Waals surface area (Å²) in [4.78, 5) is 10.9. The van der Waals surface area contributed by atoms with Crippen LogP contribution in [0.15, 0.2) is 59.1 Å². The molecule has 22 heavy (non-hydrogen) atoms. The van der Waals surface area contributed by atoms with E-state index in [0.29, 0.717) is 22.8 Å². The normalized spacial score (nSPS) is 10.4. The van der Waals surface area contributed by atoms with Crippen LogP contribution in [0.3, 0.4) is 0 Å². The molecule has 0 radical (unpaired) electrons. The van der Waals surface area contributed by atoms with Gasteiger partial charge < -0.3 is 9.26 Å². The Balaban J connectivity index is 1.72. The summed E-state index contributed by atoms with van der Waals surface area (Å²) in [5.41, 5.74) is 3.36. The number of rotatable bonds is 5. The molecule has 0 amide bonds. The highest BCUT2D eigenvalue weighted by molar-refractivity contribution is 5.79. The molecule has 0 N–H and O–H groups in total. The van der Waals surface area contributed by atoms with Crippen molar-refractivity contribution in [2.75, 3.05) is 0 Å². The van der Waals surface area contributed by atoms with Crippen LogP contribution in [0.25, 0.3) is 11.3 Å². The number of aromatic nitrogens is 1. The van der Waals surface area contributed by atoms with Gasteiger partial charge in [0.15, 0.2) is 12.0 Å². The molecule has 1 heterocycles. The summed E-state index contributed by atoms with van der Waals surface area (Å²) in [5.74, 6) is 1.24. The molecule has 0 saturated carbocycles. The minimum Gasteiger partial charge on any atom is -0.486 e. The Labute approximate surface area is 128 Å². The largest absolute Gasteiger partial charge is 0.486 e. The van der Waals surface area contributed by atoms with Crippen molar-refractivity contribution in [3.8, 4) is 17.1 Å². The van der Waals surface area contributed by atoms with Gasteiger partial charge in [0.05, 0.1) is 5.56 Å². The van der Waals surface area contributed by atoms with Crippen LogP contribution in [-0.4, -0.2) is 11.4 Å². The number of nitrogens with zero attached hydrogens (tertiary/aromatic N) is 1. The predicted octanol–water partition coefficient (Wildman–Crippen LogP) is 4.04. The SMILES string of the molecule is Cc1ccc(-c2cc(COc3ccccc3C=O)no2)cc1. The fourth-order valence-corrected chi connectivity index (χ4v) is 2.09. The van der Waals surface area contributed by atoms with Crippen LogP contribution < -0.4 is 4.74 Å². The van der Waals surface area contributed by atoms with Gasteiger partial charge in [0, 0.05) is 11.6 Å². The van der Waals surface area contributed by atoms with E-state index in [-0.39, 0.29) is 6.61 Å². The van der Waals surface area contributed by atoms with Crippen molar-refractivity contribution >= 4 is 6.29 Å². The van der Waals surface area contributed by atoms with Crippen molar-refractivity contribution in [2.45, 2.75) is 13.5 Å². The van der Waals surface area contributed by atoms with Gasteiger partial charge in [-0.2, -0.15) is 0 Å². The predicted molar refractivity (Wildman–Crippen MR) is 82.8 cm³/mol. The summed E-state index contributed by atoms with van der Waals surface area (Å²) in [5, 5.41) is 4.00. The molecule has 3 aromatic rings. The first-order chi connectivity index (χ1) is 10.8. The van der Waals surface area contributed by atoms with Crippen LogP contribution in [0.2, 0.25) is 0 Å². The summed E-state index contributed by atoms with van der Waals surface area (Å²) in [6.07, 6.45) is 0.774. The summed E-state index contributed by atoms with van der Waals surface area (Å²) < 4.78 is 11.0. The number of aryl methyl sites for hydroxylation is 1. The molecule has 0 aliphatic rings. The molecular weight excluding hydrogens is 278 g/mol. The number of para-hydroxylation sites is 1. The van der Waals surface area contributed by atoms with Gasteiger partial charge in [0.1, 0.15) is 18.1 Å². The molecule has 0 bridgehead atoms. The highest BCUT2D eigenvalue weighted by atomic mass is 16.5. The van der Waals surface area contributed by atoms with Gasteiger partial charge >= 0.3 is 0 Å². The van der Waals surface area contributed by atoms with Gasteiger partial charge in [-0.1, -0.05) is 47.1 Å². The number of benzene rings is 2. The van der Waals surface area contributed by atoms with E-state index in [4.69, 9.17) is 9.26 Å². The van der Waals surface area contributed by atoms with Gasteiger partial charge in [-0.05, 0) is 19.1 Å². The maximum Gasteiger partial charge on any atom is 0.167 e. The topological polar surface area (TPSA) is 52.3 Å². The third-order valence-electron chi connectivity index (χ3n) is 3.32. The first-order valence-electron chi connectivity index (χ1n) is 6.96. The Morgan fingerprint density at radius 3 is 2.68 bits per heavy atom. The molecule has 2 aromatic carbocycles. The van der Waals surface area contributed by atoms with E-state index in [1.165, 1.54) is 5.56 Å². The van der Waals surface area contributed by atoms with Crippen molar-refractivity contribution in [2.24, 2.45) is 0 Å². The van der Waals surface area contributed by atoms with E-state index in [1.807, 2.05) is 43.3 Å². The Morgan fingerprint density at radius 1 is 1.14 bits per heavy atom. The van der Waals surface area contributed by atoms with Gasteiger partial charge in [-0.3, -0.25) is 4.79 Å². The quantitative estimate of drug-likeness (QED) is 0.666. The average molecular weight is 293 g/mol. The van der Waals surface area contributed by atoms with Crippen LogP contribution in [0.1, 0.15) is 21.6 Å². The summed E-state index contributed by atoms with van der Waals surface area (Å²) >= 11 is 0. The number of hydrogen-bond donors (Lipinski definition) is 0. The third-order valence-corrected chi connectivity index (χ3v) is 3.32. The molecule has 0 aliphatic heterocycles. The molecule has 0 aliphatic carbocycles. The zero-order valence-electron chi connectivity index (χ0n) is 12.2. The minimum atomic E-state index is 0.250. The lowest BCUT2D eigenvalue weighted by Gasteiger charge is -2.05. The summed E-state index contributed by atoms with van der Waals surface area (Å²) in [6.45, 7) is 2.29. The van der Waals surface area contributed by atoms with Crippen molar-refractivity contribution in [1.82, 2.24) is 5.16 Å². The van der Waals surface area contributed by atoms with Crippen LogP contribution in [0.5, 0.6) is 5.75 Å². The zero-order chi connectivity index (χ0) is 15.4. The first-order valence-corrected chi connectivity index (χ1v) is 6.96. The number of carbonyl (C=O) groups excluding carboxylic acids is 1. The average Bonchev–Trinajstić information content (AvgIpc) is 3.03. The van der Waals surface area contributed by atoms with Crippen molar-refractivity contribution in [3.05, 3.63) is 71.4 Å². The molecule has 1 aromatic heterocycles. The van der Waals surface area contributed by atoms with E-state index in [2.05, 4.69) is 5.16 Å². The molecule has 0 atom stereocenters. The van der Waals surface area contributed by atoms with Crippen LogP contribution in [0, 0.1) is 6.92 Å². The molecule has 4 nitrogen and oxygen atoms in total. The van der Waals surface area contributed by atoms with E-state index in [1.54, 1.807) is 18.2 Å². The van der Waals surface area contributed by atoms with Crippen LogP contribution in [-0.2, 0) is 6.61 Å². The number of ether oxygens (including phenoxy) is 1. The van der Waals surface area contributed by atoms with Crippen molar-refractivity contribution < 1.29 is 14.1 Å². The molecule has 3 rings (SSSR count). The first kappa shape index (κ1) is 14.1. The van der Waals surface area contributed by atoms with E-state index in [0.717, 1.165) is 11.8 Å². The standard InChI is InChI=1S/C18H15NO3/c1-13-6-8-14(9-7-13)18-10-16(19-22-18)12-21-17-5-3-2-4-15(17)11-20/h2-11H,12H2,1H3. The Bertz CT molecular complexity index is 775. The number of hydrogen-bond acceptors (Lipinski definition) is 4.